The summed E-state index contributed by atoms with van der Waals surface area (Å²) in [6, 6.07) is 21.1. The molecular weight excluding hydrogens is 438 g/mol. The molecule has 0 radical (unpaired) electrons. The first-order valence-corrected chi connectivity index (χ1v) is 13.9. The van der Waals surface area contributed by atoms with Crippen molar-refractivity contribution in [1.29, 1.82) is 0 Å². The van der Waals surface area contributed by atoms with Gasteiger partial charge in [0.2, 0.25) is 5.91 Å². The molecule has 1 heterocycles. The standard InChI is InChI=1S/C29H37N3OS/c1-2-21-32-28(25-16-7-4-8-17-25)27(24-14-5-3-6-15-24)31-29(32)34-22-11-20-30-26(33)19-18-23-12-9-10-13-23/h3-8,14-17,23H,2,9-13,18-22H2,1H3,(H,30,33). The molecule has 1 N–H and O–H groups in total. The minimum Gasteiger partial charge on any atom is -0.356 e. The quantitative estimate of drug-likeness (QED) is 0.223. The summed E-state index contributed by atoms with van der Waals surface area (Å²) in [6.07, 6.45) is 9.04. The van der Waals surface area contributed by atoms with Crippen LogP contribution in [0.2, 0.25) is 0 Å². The molecule has 1 saturated carbocycles. The number of imidazole rings is 1. The number of thioether (sulfide) groups is 1. The number of carbonyl (C=O) groups excluding carboxylic acids is 1. The molecule has 1 aliphatic carbocycles. The molecule has 2 aromatic carbocycles. The highest BCUT2D eigenvalue weighted by Gasteiger charge is 2.20. The van der Waals surface area contributed by atoms with Crippen LogP contribution >= 0.6 is 11.8 Å². The molecule has 1 aromatic heterocycles. The van der Waals surface area contributed by atoms with Crippen molar-refractivity contribution >= 4 is 17.7 Å². The molecule has 5 heteroatoms. The second-order valence-corrected chi connectivity index (χ2v) is 10.3. The lowest BCUT2D eigenvalue weighted by Gasteiger charge is -2.12. The van der Waals surface area contributed by atoms with Crippen LogP contribution in [-0.4, -0.2) is 27.8 Å². The van der Waals surface area contributed by atoms with E-state index in [1.807, 2.05) is 6.07 Å². The SMILES string of the molecule is CCCn1c(SCCCNC(=O)CCC2CCCC2)nc(-c2ccccc2)c1-c1ccccc1. The number of rotatable bonds is 12. The van der Waals surface area contributed by atoms with Crippen molar-refractivity contribution in [3.8, 4) is 22.5 Å². The van der Waals surface area contributed by atoms with Gasteiger partial charge in [-0.1, -0.05) is 105 Å². The van der Waals surface area contributed by atoms with Crippen LogP contribution in [0.5, 0.6) is 0 Å². The summed E-state index contributed by atoms with van der Waals surface area (Å²) >= 11 is 1.80. The third kappa shape index (κ3) is 6.53. The van der Waals surface area contributed by atoms with Gasteiger partial charge in [0.25, 0.3) is 0 Å². The van der Waals surface area contributed by atoms with E-state index in [4.69, 9.17) is 4.98 Å². The number of hydrogen-bond donors (Lipinski definition) is 1. The molecule has 0 unspecified atom stereocenters. The average molecular weight is 476 g/mol. The van der Waals surface area contributed by atoms with Crippen molar-refractivity contribution < 1.29 is 4.79 Å². The second-order valence-electron chi connectivity index (χ2n) is 9.22. The molecule has 0 spiro atoms. The Morgan fingerprint density at radius 1 is 1.03 bits per heavy atom. The van der Waals surface area contributed by atoms with Crippen LogP contribution in [-0.2, 0) is 11.3 Å². The van der Waals surface area contributed by atoms with Gasteiger partial charge in [-0.05, 0) is 25.2 Å². The van der Waals surface area contributed by atoms with Crippen LogP contribution in [0.25, 0.3) is 22.5 Å². The third-order valence-corrected chi connectivity index (χ3v) is 7.67. The van der Waals surface area contributed by atoms with Crippen molar-refractivity contribution in [3.63, 3.8) is 0 Å². The maximum Gasteiger partial charge on any atom is 0.220 e. The van der Waals surface area contributed by atoms with Crippen LogP contribution in [0.1, 0.15) is 58.3 Å². The lowest BCUT2D eigenvalue weighted by Crippen LogP contribution is -2.25. The van der Waals surface area contributed by atoms with Gasteiger partial charge in [-0.3, -0.25) is 4.79 Å². The van der Waals surface area contributed by atoms with Crippen molar-refractivity contribution in [2.45, 2.75) is 70.0 Å². The fourth-order valence-corrected chi connectivity index (χ4v) is 5.81. The average Bonchev–Trinajstić information content (AvgIpc) is 3.52. The van der Waals surface area contributed by atoms with Crippen LogP contribution < -0.4 is 5.32 Å². The first-order valence-electron chi connectivity index (χ1n) is 12.9. The Labute approximate surface area is 208 Å². The smallest absolute Gasteiger partial charge is 0.220 e. The first kappa shape index (κ1) is 24.6. The number of carbonyl (C=O) groups is 1. The second kappa shape index (κ2) is 12.8. The molecule has 1 fully saturated rings. The van der Waals surface area contributed by atoms with E-state index >= 15 is 0 Å². The summed E-state index contributed by atoms with van der Waals surface area (Å²) in [4.78, 5) is 17.3. The van der Waals surface area contributed by atoms with Gasteiger partial charge in [-0.25, -0.2) is 4.98 Å². The van der Waals surface area contributed by atoms with E-state index in [0.29, 0.717) is 6.42 Å². The van der Waals surface area contributed by atoms with E-state index in [1.54, 1.807) is 11.8 Å². The fraction of sp³-hybridized carbons (Fsp3) is 0.448. The molecule has 0 atom stereocenters. The van der Waals surface area contributed by atoms with Crippen molar-refractivity contribution in [1.82, 2.24) is 14.9 Å². The highest BCUT2D eigenvalue weighted by Crippen LogP contribution is 2.36. The van der Waals surface area contributed by atoms with Gasteiger partial charge in [0, 0.05) is 36.4 Å². The largest absolute Gasteiger partial charge is 0.356 e. The van der Waals surface area contributed by atoms with Gasteiger partial charge in [-0.2, -0.15) is 0 Å². The highest BCUT2D eigenvalue weighted by molar-refractivity contribution is 7.99. The molecule has 4 rings (SSSR count). The molecule has 0 bridgehead atoms. The van der Waals surface area contributed by atoms with Gasteiger partial charge in [0.05, 0.1) is 11.4 Å². The van der Waals surface area contributed by atoms with Crippen LogP contribution in [0.4, 0.5) is 0 Å². The van der Waals surface area contributed by atoms with Crippen molar-refractivity contribution in [3.05, 3.63) is 60.7 Å². The summed E-state index contributed by atoms with van der Waals surface area (Å²) in [7, 11) is 0. The Balaban J connectivity index is 1.40. The van der Waals surface area contributed by atoms with Crippen molar-refractivity contribution in [2.24, 2.45) is 5.92 Å². The van der Waals surface area contributed by atoms with E-state index in [9.17, 15) is 4.79 Å². The minimum absolute atomic E-state index is 0.210. The van der Waals surface area contributed by atoms with Gasteiger partial charge in [0.15, 0.2) is 5.16 Å². The van der Waals surface area contributed by atoms with Crippen LogP contribution in [0, 0.1) is 5.92 Å². The summed E-state index contributed by atoms with van der Waals surface area (Å²) in [5.41, 5.74) is 4.58. The number of hydrogen-bond acceptors (Lipinski definition) is 3. The van der Waals surface area contributed by atoms with Crippen LogP contribution in [0.15, 0.2) is 65.8 Å². The number of benzene rings is 2. The fourth-order valence-electron chi connectivity index (χ4n) is 4.85. The lowest BCUT2D eigenvalue weighted by molar-refractivity contribution is -0.121. The molecule has 180 valence electrons. The Hall–Kier alpha value is -2.53. The Morgan fingerprint density at radius 3 is 2.38 bits per heavy atom. The number of amides is 1. The molecule has 1 aliphatic rings. The number of nitrogens with one attached hydrogen (secondary N) is 1. The van der Waals surface area contributed by atoms with E-state index in [1.165, 1.54) is 36.9 Å². The molecule has 1 amide bonds. The summed E-state index contributed by atoms with van der Waals surface area (Å²) in [6.45, 7) is 3.89. The zero-order valence-electron chi connectivity index (χ0n) is 20.3. The predicted molar refractivity (Wildman–Crippen MR) is 143 cm³/mol. The lowest BCUT2D eigenvalue weighted by atomic mass is 10.0. The highest BCUT2D eigenvalue weighted by atomic mass is 32.2. The van der Waals surface area contributed by atoms with Crippen LogP contribution in [0.3, 0.4) is 0 Å². The Morgan fingerprint density at radius 2 is 1.71 bits per heavy atom. The summed E-state index contributed by atoms with van der Waals surface area (Å²) in [5, 5.41) is 4.18. The van der Waals surface area contributed by atoms with Gasteiger partial charge in [0.1, 0.15) is 0 Å². The molecule has 0 saturated heterocycles. The summed E-state index contributed by atoms with van der Waals surface area (Å²) in [5.74, 6) is 1.92. The Bertz CT molecular complexity index is 1030. The van der Waals surface area contributed by atoms with E-state index in [0.717, 1.165) is 60.4 Å². The molecule has 34 heavy (non-hydrogen) atoms. The molecule has 0 aliphatic heterocycles. The Kier molecular flexibility index (Phi) is 9.26. The third-order valence-electron chi connectivity index (χ3n) is 6.60. The summed E-state index contributed by atoms with van der Waals surface area (Å²) < 4.78 is 2.38. The molecule has 4 nitrogen and oxygen atoms in total. The minimum atomic E-state index is 0.210. The monoisotopic (exact) mass is 475 g/mol. The topological polar surface area (TPSA) is 46.9 Å². The molecular formula is C29H37N3OS. The normalized spacial score (nSPS) is 13.9. The first-order chi connectivity index (χ1) is 16.8. The van der Waals surface area contributed by atoms with E-state index < -0.39 is 0 Å². The van der Waals surface area contributed by atoms with E-state index in [-0.39, 0.29) is 5.91 Å². The zero-order valence-corrected chi connectivity index (χ0v) is 21.2. The maximum absolute atomic E-state index is 12.2. The van der Waals surface area contributed by atoms with E-state index in [2.05, 4.69) is 71.4 Å². The number of nitrogens with zero attached hydrogens (tertiary/aromatic N) is 2. The van der Waals surface area contributed by atoms with Gasteiger partial charge >= 0.3 is 0 Å². The number of aromatic nitrogens is 2. The predicted octanol–water partition coefficient (Wildman–Crippen LogP) is 7.20. The van der Waals surface area contributed by atoms with Crippen molar-refractivity contribution in [2.75, 3.05) is 12.3 Å². The maximum atomic E-state index is 12.2. The zero-order chi connectivity index (χ0) is 23.6. The molecule has 3 aromatic rings. The van der Waals surface area contributed by atoms with Gasteiger partial charge < -0.3 is 9.88 Å². The van der Waals surface area contributed by atoms with Gasteiger partial charge in [-0.15, -0.1) is 0 Å².